The molecule has 1 saturated heterocycles. The van der Waals surface area contributed by atoms with Crippen molar-refractivity contribution in [1.82, 2.24) is 9.80 Å². The molecule has 0 saturated carbocycles. The Balaban J connectivity index is 2.11. The van der Waals surface area contributed by atoms with Gasteiger partial charge in [0.05, 0.1) is 12.2 Å². The quantitative estimate of drug-likeness (QED) is 0.0867. The van der Waals surface area contributed by atoms with Crippen molar-refractivity contribution in [2.75, 3.05) is 34.2 Å². The molecule has 1 amide bonds. The predicted molar refractivity (Wildman–Crippen MR) is 175 cm³/mol. The van der Waals surface area contributed by atoms with E-state index in [-0.39, 0.29) is 54.8 Å². The molecule has 10 nitrogen and oxygen atoms in total. The number of allylic oxidation sites excluding steroid dienone is 3. The van der Waals surface area contributed by atoms with E-state index in [0.29, 0.717) is 19.4 Å². The van der Waals surface area contributed by atoms with Crippen LogP contribution in [0.2, 0.25) is 0 Å². The summed E-state index contributed by atoms with van der Waals surface area (Å²) in [5.41, 5.74) is 0.817. The number of amides is 1. The normalized spacial score (nSPS) is 30.6. The molecule has 0 radical (unpaired) electrons. The highest BCUT2D eigenvalue weighted by Gasteiger charge is 2.49. The third kappa shape index (κ3) is 12.8. The highest BCUT2D eigenvalue weighted by atomic mass is 16.6. The van der Waals surface area contributed by atoms with Crippen LogP contribution in [-0.4, -0.2) is 108 Å². The Kier molecular flexibility index (Phi) is 15.7. The summed E-state index contributed by atoms with van der Waals surface area (Å²) in [7, 11) is 5.75. The predicted octanol–water partition coefficient (Wildman–Crippen LogP) is 4.68. The molecule has 0 aromatic heterocycles. The van der Waals surface area contributed by atoms with Crippen molar-refractivity contribution in [3.05, 3.63) is 36.0 Å². The zero-order chi connectivity index (χ0) is 33.9. The smallest absolute Gasteiger partial charge is 0.410 e. The number of carbonyl (C=O) groups is 2. The fraction of sp³-hybridized carbons (Fsp3) is 0.771. The lowest BCUT2D eigenvalue weighted by atomic mass is 9.91. The molecule has 258 valence electrons. The summed E-state index contributed by atoms with van der Waals surface area (Å²) in [4.78, 5) is 29.4. The Morgan fingerprint density at radius 1 is 1.16 bits per heavy atom. The number of aliphatic hydroxyl groups excluding tert-OH is 1. The Labute approximate surface area is 271 Å². The van der Waals surface area contributed by atoms with Crippen LogP contribution in [0.25, 0.3) is 0 Å². The van der Waals surface area contributed by atoms with Gasteiger partial charge in [-0.3, -0.25) is 0 Å². The summed E-state index contributed by atoms with van der Waals surface area (Å²) >= 11 is 0. The van der Waals surface area contributed by atoms with Gasteiger partial charge in [-0.1, -0.05) is 58.9 Å². The SMILES string of the molecule is CCC(O)(O)C(C)C1OC1CC(C)/C=C/C=C(\C)C1OC(=O)C(O)CCCC(C)C(OC(=O)N(C)CCCN(C)C)/C=C/C1C. The summed E-state index contributed by atoms with van der Waals surface area (Å²) in [5.74, 6) is -2.80. The molecule has 1 fully saturated rings. The van der Waals surface area contributed by atoms with Crippen molar-refractivity contribution in [3.63, 3.8) is 0 Å². The number of hydrogen-bond acceptors (Lipinski definition) is 9. The lowest BCUT2D eigenvalue weighted by Gasteiger charge is -2.28. The molecule has 2 rings (SSSR count). The van der Waals surface area contributed by atoms with Crippen LogP contribution >= 0.6 is 0 Å². The van der Waals surface area contributed by atoms with Crippen molar-refractivity contribution >= 4 is 12.1 Å². The molecular formula is C35H60N2O8. The maximum atomic E-state index is 12.9. The molecule has 0 spiro atoms. The van der Waals surface area contributed by atoms with Crippen LogP contribution < -0.4 is 0 Å². The summed E-state index contributed by atoms with van der Waals surface area (Å²) < 4.78 is 17.5. The van der Waals surface area contributed by atoms with E-state index in [1.54, 1.807) is 25.8 Å². The number of carbonyl (C=O) groups excluding carboxylic acids is 2. The fourth-order valence-electron chi connectivity index (χ4n) is 5.69. The summed E-state index contributed by atoms with van der Waals surface area (Å²) in [6.07, 6.45) is 10.3. The van der Waals surface area contributed by atoms with Gasteiger partial charge >= 0.3 is 12.1 Å². The molecule has 9 unspecified atom stereocenters. The number of epoxide rings is 1. The topological polar surface area (TPSA) is 132 Å². The van der Waals surface area contributed by atoms with Gasteiger partial charge < -0.3 is 39.3 Å². The number of cyclic esters (lactones) is 1. The second-order valence-electron chi connectivity index (χ2n) is 13.6. The minimum absolute atomic E-state index is 0.000845. The van der Waals surface area contributed by atoms with Crippen molar-refractivity contribution in [2.45, 2.75) is 116 Å². The minimum Gasteiger partial charge on any atom is -0.455 e. The Morgan fingerprint density at radius 3 is 2.49 bits per heavy atom. The average molecular weight is 637 g/mol. The van der Waals surface area contributed by atoms with Gasteiger partial charge in [-0.15, -0.1) is 0 Å². The monoisotopic (exact) mass is 636 g/mol. The number of esters is 1. The molecule has 0 aliphatic carbocycles. The van der Waals surface area contributed by atoms with Gasteiger partial charge in [-0.2, -0.15) is 0 Å². The number of aliphatic hydroxyl groups is 3. The molecular weight excluding hydrogens is 576 g/mol. The molecule has 2 aliphatic rings. The van der Waals surface area contributed by atoms with Gasteiger partial charge in [0.25, 0.3) is 0 Å². The first-order valence-corrected chi connectivity index (χ1v) is 16.7. The van der Waals surface area contributed by atoms with Gasteiger partial charge in [0, 0.05) is 25.4 Å². The molecule has 0 bridgehead atoms. The van der Waals surface area contributed by atoms with E-state index in [4.69, 9.17) is 14.2 Å². The summed E-state index contributed by atoms with van der Waals surface area (Å²) in [5, 5.41) is 30.8. The number of hydrogen-bond donors (Lipinski definition) is 3. The maximum Gasteiger partial charge on any atom is 0.410 e. The van der Waals surface area contributed by atoms with E-state index >= 15 is 0 Å². The zero-order valence-corrected chi connectivity index (χ0v) is 29.0. The second kappa shape index (κ2) is 18.2. The molecule has 3 N–H and O–H groups in total. The maximum absolute atomic E-state index is 12.9. The van der Waals surface area contributed by atoms with E-state index in [0.717, 1.165) is 25.0 Å². The average Bonchev–Trinajstić information content (AvgIpc) is 3.74. The highest BCUT2D eigenvalue weighted by Crippen LogP contribution is 2.39. The number of nitrogens with zero attached hydrogens (tertiary/aromatic N) is 2. The van der Waals surface area contributed by atoms with Gasteiger partial charge in [0.2, 0.25) is 0 Å². The van der Waals surface area contributed by atoms with Crippen molar-refractivity contribution in [3.8, 4) is 0 Å². The summed E-state index contributed by atoms with van der Waals surface area (Å²) in [6, 6.07) is 0. The van der Waals surface area contributed by atoms with Crippen LogP contribution in [0.4, 0.5) is 4.79 Å². The molecule has 10 heteroatoms. The Morgan fingerprint density at radius 2 is 1.84 bits per heavy atom. The third-order valence-electron chi connectivity index (χ3n) is 9.16. The van der Waals surface area contributed by atoms with E-state index in [1.165, 1.54) is 0 Å². The lowest BCUT2D eigenvalue weighted by Crippen LogP contribution is -2.38. The van der Waals surface area contributed by atoms with Crippen LogP contribution in [0.1, 0.15) is 80.1 Å². The molecule has 0 aromatic rings. The van der Waals surface area contributed by atoms with Gasteiger partial charge in [-0.25, -0.2) is 9.59 Å². The van der Waals surface area contributed by atoms with E-state index in [1.807, 2.05) is 59.2 Å². The van der Waals surface area contributed by atoms with Gasteiger partial charge in [0.1, 0.15) is 12.2 Å². The van der Waals surface area contributed by atoms with Crippen LogP contribution in [0.3, 0.4) is 0 Å². The van der Waals surface area contributed by atoms with Crippen molar-refractivity contribution in [1.29, 1.82) is 0 Å². The van der Waals surface area contributed by atoms with Crippen LogP contribution in [-0.2, 0) is 19.0 Å². The first kappa shape index (κ1) is 38.9. The van der Waals surface area contributed by atoms with E-state index in [2.05, 4.69) is 17.9 Å². The van der Waals surface area contributed by atoms with Crippen LogP contribution in [0, 0.1) is 23.7 Å². The third-order valence-corrected chi connectivity index (χ3v) is 9.16. The van der Waals surface area contributed by atoms with Gasteiger partial charge in [-0.05, 0) is 89.6 Å². The van der Waals surface area contributed by atoms with Crippen molar-refractivity contribution in [2.24, 2.45) is 23.7 Å². The lowest BCUT2D eigenvalue weighted by molar-refractivity contribution is -0.201. The van der Waals surface area contributed by atoms with Gasteiger partial charge in [0.15, 0.2) is 11.9 Å². The largest absolute Gasteiger partial charge is 0.455 e. The molecule has 2 heterocycles. The molecule has 45 heavy (non-hydrogen) atoms. The second-order valence-corrected chi connectivity index (χ2v) is 13.6. The first-order chi connectivity index (χ1) is 21.1. The van der Waals surface area contributed by atoms with E-state index < -0.39 is 30.1 Å². The minimum atomic E-state index is -1.73. The Bertz CT molecular complexity index is 1030. The molecule has 9 atom stereocenters. The molecule has 2 aliphatic heterocycles. The standard InChI is InChI=1S/C35H60N2O8/c1-10-35(41,42)27(6)32-30(43-32)22-23(2)14-11-16-25(4)31-26(5)18-19-29(24(3)15-12-17-28(38)33(39)45-31)44-34(40)37(9)21-13-20-36(7)8/h11,14,16,18-19,23-24,26-32,38,41-42H,10,12-13,15,17,20-22H2,1-9H3/b14-11+,19-18+,25-16+. The summed E-state index contributed by atoms with van der Waals surface area (Å²) in [6.45, 7) is 13.0. The number of rotatable bonds is 13. The highest BCUT2D eigenvalue weighted by molar-refractivity contribution is 5.74. The first-order valence-electron chi connectivity index (χ1n) is 16.7. The van der Waals surface area contributed by atoms with Crippen LogP contribution in [0.5, 0.6) is 0 Å². The van der Waals surface area contributed by atoms with Crippen molar-refractivity contribution < 1.29 is 39.1 Å². The number of ether oxygens (including phenoxy) is 3. The Hall–Kier alpha value is -2.24. The molecule has 0 aromatic carbocycles. The van der Waals surface area contributed by atoms with E-state index in [9.17, 15) is 24.9 Å². The zero-order valence-electron chi connectivity index (χ0n) is 29.0. The van der Waals surface area contributed by atoms with Crippen LogP contribution in [0.15, 0.2) is 36.0 Å². The fourth-order valence-corrected chi connectivity index (χ4v) is 5.69.